The first kappa shape index (κ1) is 12.2. The number of hydrogen-bond acceptors (Lipinski definition) is 2. The molecule has 1 heterocycles. The Balaban J connectivity index is 0.000000963. The minimum absolute atomic E-state index is 0. The fourth-order valence-electron chi connectivity index (χ4n) is 1.60. The number of rotatable bonds is 0. The molecule has 2 nitrogen and oxygen atoms in total. The minimum atomic E-state index is 0. The topological polar surface area (TPSA) is 25.8 Å². The Hall–Kier alpha value is -0.221. The van der Waals surface area contributed by atoms with E-state index in [-0.39, 0.29) is 22.4 Å². The van der Waals surface area contributed by atoms with E-state index in [9.17, 15) is 0 Å². The molecule has 0 fully saturated rings. The first-order chi connectivity index (χ1) is 7.29. The van der Waals surface area contributed by atoms with Crippen LogP contribution in [0.1, 0.15) is 7.43 Å². The van der Waals surface area contributed by atoms with Gasteiger partial charge in [-0.2, -0.15) is 0 Å². The largest absolute Gasteiger partial charge is 0.0776 e. The first-order valence-electron chi connectivity index (χ1n) is 4.27. The van der Waals surface area contributed by atoms with Gasteiger partial charge in [0.25, 0.3) is 0 Å². The third-order valence-corrected chi connectivity index (χ3v) is 5.02. The Morgan fingerprint density at radius 2 is 1.31 bits per heavy atom. The van der Waals surface area contributed by atoms with Gasteiger partial charge in [-0.05, 0) is 0 Å². The summed E-state index contributed by atoms with van der Waals surface area (Å²) < 4.78 is 11.0. The van der Waals surface area contributed by atoms with Crippen molar-refractivity contribution in [2.75, 3.05) is 0 Å². The number of halogens is 2. The number of hydrogen-bond donors (Lipinski definition) is 0. The second kappa shape index (κ2) is 4.57. The molecule has 3 aromatic rings. The Morgan fingerprint density at radius 3 is 1.75 bits per heavy atom. The molecule has 0 atom stereocenters. The van der Waals surface area contributed by atoms with Crippen molar-refractivity contribution in [3.05, 3.63) is 33.2 Å². The van der Waals surface area contributed by atoms with Crippen LogP contribution in [0.3, 0.4) is 0 Å². The van der Waals surface area contributed by atoms with E-state index in [1.54, 1.807) is 0 Å². The summed E-state index contributed by atoms with van der Waals surface area (Å²) in [5.41, 5.74) is 1.97. The van der Waals surface area contributed by atoms with E-state index in [0.29, 0.717) is 0 Å². The molecule has 0 aliphatic heterocycles. The van der Waals surface area contributed by atoms with E-state index >= 15 is 0 Å². The predicted octanol–water partition coefficient (Wildman–Crippen LogP) is 4.00. The Labute approximate surface area is 117 Å². The summed E-state index contributed by atoms with van der Waals surface area (Å²) in [5.74, 6) is 0. The van der Waals surface area contributed by atoms with Crippen LogP contribution in [0.2, 0.25) is 0 Å². The van der Waals surface area contributed by atoms with Gasteiger partial charge in [-0.1, -0.05) is 7.43 Å². The fraction of sp³-hybridized carbons (Fsp3) is 0.0909. The summed E-state index contributed by atoms with van der Waals surface area (Å²) in [6.45, 7) is 0. The molecule has 2 aromatic carbocycles. The Morgan fingerprint density at radius 1 is 0.875 bits per heavy atom. The van der Waals surface area contributed by atoms with Gasteiger partial charge in [0.2, 0.25) is 0 Å². The Kier molecular flexibility index (Phi) is 3.50. The smallest absolute Gasteiger partial charge is 0.0776 e. The summed E-state index contributed by atoms with van der Waals surface area (Å²) in [4.78, 5) is 0. The van der Waals surface area contributed by atoms with Gasteiger partial charge in [0, 0.05) is 0 Å². The second-order valence-electron chi connectivity index (χ2n) is 3.13. The van der Waals surface area contributed by atoms with Gasteiger partial charge in [-0.15, -0.1) is 0 Å². The quantitative estimate of drug-likeness (QED) is 0.527. The average molecular weight is 407 g/mol. The summed E-state index contributed by atoms with van der Waals surface area (Å²) in [6.07, 6.45) is 0. The molecule has 82 valence electrons. The minimum Gasteiger partial charge on any atom is -0.0776 e. The standard InChI is InChI=1S/C10H4Br2N2Se.CH4/c11-7-5-3-1-2-4-6(5)8(12)10-9(7)13-15-14-10;/h1-4H;1H4. The van der Waals surface area contributed by atoms with Crippen LogP contribution in [0.25, 0.3) is 21.8 Å². The number of fused-ring (bicyclic) bond motifs is 2. The van der Waals surface area contributed by atoms with Gasteiger partial charge < -0.3 is 0 Å². The van der Waals surface area contributed by atoms with Crippen molar-refractivity contribution in [2.24, 2.45) is 0 Å². The molecule has 3 rings (SSSR count). The second-order valence-corrected chi connectivity index (χ2v) is 5.83. The van der Waals surface area contributed by atoms with E-state index in [0.717, 1.165) is 20.0 Å². The van der Waals surface area contributed by atoms with Crippen LogP contribution in [-0.2, 0) is 0 Å². The van der Waals surface area contributed by atoms with Gasteiger partial charge in [0.15, 0.2) is 0 Å². The number of benzene rings is 2. The van der Waals surface area contributed by atoms with Crippen LogP contribution in [0, 0.1) is 0 Å². The van der Waals surface area contributed by atoms with E-state index in [1.807, 2.05) is 12.1 Å². The van der Waals surface area contributed by atoms with Crippen molar-refractivity contribution in [1.82, 2.24) is 7.96 Å². The third kappa shape index (κ3) is 1.66. The molecule has 0 aliphatic rings. The van der Waals surface area contributed by atoms with Crippen molar-refractivity contribution in [3.8, 4) is 0 Å². The van der Waals surface area contributed by atoms with E-state index in [1.165, 1.54) is 10.8 Å². The monoisotopic (exact) mass is 406 g/mol. The van der Waals surface area contributed by atoms with Crippen molar-refractivity contribution < 1.29 is 0 Å². The zero-order chi connectivity index (χ0) is 10.4. The summed E-state index contributed by atoms with van der Waals surface area (Å²) in [6, 6.07) is 8.24. The van der Waals surface area contributed by atoms with Crippen LogP contribution < -0.4 is 0 Å². The van der Waals surface area contributed by atoms with E-state index in [2.05, 4.69) is 52.0 Å². The molecule has 0 aliphatic carbocycles. The molecule has 0 radical (unpaired) electrons. The van der Waals surface area contributed by atoms with E-state index < -0.39 is 0 Å². The molecule has 0 unspecified atom stereocenters. The first-order valence-corrected chi connectivity index (χ1v) is 7.39. The zero-order valence-corrected chi connectivity index (χ0v) is 12.3. The maximum Gasteiger partial charge on any atom is -0.0776 e. The van der Waals surface area contributed by atoms with Gasteiger partial charge in [-0.25, -0.2) is 0 Å². The van der Waals surface area contributed by atoms with Gasteiger partial charge >= 0.3 is 110 Å². The summed E-state index contributed by atoms with van der Waals surface area (Å²) >= 11 is 7.21. The molecule has 0 N–H and O–H groups in total. The van der Waals surface area contributed by atoms with Crippen LogP contribution in [0.15, 0.2) is 33.2 Å². The molecule has 0 saturated carbocycles. The number of nitrogens with zero attached hydrogens (tertiary/aromatic N) is 2. The van der Waals surface area contributed by atoms with Crippen molar-refractivity contribution >= 4 is 68.6 Å². The van der Waals surface area contributed by atoms with Gasteiger partial charge in [0.05, 0.1) is 0 Å². The molecular formula is C11H8Br2N2Se. The number of aromatic nitrogens is 2. The molecule has 0 spiro atoms. The van der Waals surface area contributed by atoms with Crippen molar-refractivity contribution in [2.45, 2.75) is 7.43 Å². The van der Waals surface area contributed by atoms with Crippen molar-refractivity contribution in [3.63, 3.8) is 0 Å². The molecular weight excluding hydrogens is 399 g/mol. The summed E-state index contributed by atoms with van der Waals surface area (Å²) in [7, 11) is 0. The van der Waals surface area contributed by atoms with Crippen LogP contribution in [0.5, 0.6) is 0 Å². The van der Waals surface area contributed by atoms with Crippen molar-refractivity contribution in [1.29, 1.82) is 0 Å². The van der Waals surface area contributed by atoms with Crippen LogP contribution >= 0.6 is 31.9 Å². The van der Waals surface area contributed by atoms with Crippen LogP contribution in [-0.4, -0.2) is 22.9 Å². The molecule has 1 aromatic heterocycles. The van der Waals surface area contributed by atoms with Crippen LogP contribution in [0.4, 0.5) is 0 Å². The molecule has 0 bridgehead atoms. The SMILES string of the molecule is Brc1c2ccccc2c(Br)c2n[se]nc12.C. The molecule has 16 heavy (non-hydrogen) atoms. The maximum absolute atomic E-state index is 4.43. The van der Waals surface area contributed by atoms with Gasteiger partial charge in [-0.3, -0.25) is 0 Å². The molecule has 5 heteroatoms. The Bertz CT molecular complexity index is 608. The summed E-state index contributed by atoms with van der Waals surface area (Å²) in [5, 5.41) is 2.36. The maximum atomic E-state index is 4.43. The molecule has 0 saturated heterocycles. The fourth-order valence-corrected chi connectivity index (χ4v) is 4.54. The predicted molar refractivity (Wildman–Crippen MR) is 76.1 cm³/mol. The normalized spacial score (nSPS) is 10.6. The third-order valence-electron chi connectivity index (χ3n) is 2.30. The van der Waals surface area contributed by atoms with Gasteiger partial charge in [0.1, 0.15) is 0 Å². The van der Waals surface area contributed by atoms with E-state index in [4.69, 9.17) is 0 Å². The molecule has 0 amide bonds. The average Bonchev–Trinajstić information content (AvgIpc) is 2.75. The zero-order valence-electron chi connectivity index (χ0n) is 7.37.